The topological polar surface area (TPSA) is 90.9 Å². The lowest BCUT2D eigenvalue weighted by Gasteiger charge is -2.22. The summed E-state index contributed by atoms with van der Waals surface area (Å²) in [6.45, 7) is 2.44. The van der Waals surface area contributed by atoms with Crippen molar-refractivity contribution in [2.75, 3.05) is 26.2 Å². The van der Waals surface area contributed by atoms with E-state index in [2.05, 4.69) is 10.3 Å². The molecule has 1 aromatic carbocycles. The van der Waals surface area contributed by atoms with E-state index in [-0.39, 0.29) is 5.91 Å². The highest BCUT2D eigenvalue weighted by Crippen LogP contribution is 2.11. The molecule has 0 fully saturated rings. The molecule has 4 N–H and O–H groups in total. The Morgan fingerprint density at radius 3 is 2.80 bits per heavy atom. The Morgan fingerprint density at radius 1 is 1.40 bits per heavy atom. The molecule has 1 aromatic rings. The molecule has 6 heteroatoms. The van der Waals surface area contributed by atoms with E-state index in [1.807, 2.05) is 0 Å². The first-order chi connectivity index (χ1) is 9.72. The minimum atomic E-state index is -0.114. The lowest BCUT2D eigenvalue weighted by atomic mass is 10.1. The largest absolute Gasteiger partial charge is 0.352 e. The van der Waals surface area contributed by atoms with Gasteiger partial charge in [0.1, 0.15) is 0 Å². The number of amidine groups is 1. The standard InChI is InChI=1S/C14H20N4O2/c15-7-1-8-17-14(19)12-5-3-11(4-6-12)13-16-9-2-10-18(13)20/h3-6,20H,1-2,7-10,15H2,(H,17,19). The van der Waals surface area contributed by atoms with Crippen LogP contribution in [0.4, 0.5) is 0 Å². The number of benzene rings is 1. The van der Waals surface area contributed by atoms with Crippen LogP contribution in [0.25, 0.3) is 0 Å². The summed E-state index contributed by atoms with van der Waals surface area (Å²) in [7, 11) is 0. The number of nitrogens with one attached hydrogen (secondary N) is 1. The number of hydroxylamine groups is 2. The fraction of sp³-hybridized carbons (Fsp3) is 0.429. The Morgan fingerprint density at radius 2 is 2.15 bits per heavy atom. The highest BCUT2D eigenvalue weighted by atomic mass is 16.5. The predicted molar refractivity (Wildman–Crippen MR) is 77.0 cm³/mol. The van der Waals surface area contributed by atoms with Gasteiger partial charge < -0.3 is 11.1 Å². The zero-order chi connectivity index (χ0) is 14.4. The molecule has 0 bridgehead atoms. The molecular weight excluding hydrogens is 256 g/mol. The van der Waals surface area contributed by atoms with Gasteiger partial charge in [-0.1, -0.05) is 12.1 Å². The Labute approximate surface area is 118 Å². The van der Waals surface area contributed by atoms with E-state index >= 15 is 0 Å². The molecule has 0 saturated carbocycles. The van der Waals surface area contributed by atoms with Gasteiger partial charge in [0.2, 0.25) is 0 Å². The number of nitrogens with two attached hydrogens (primary N) is 1. The summed E-state index contributed by atoms with van der Waals surface area (Å²) in [5, 5.41) is 13.7. The number of nitrogens with zero attached hydrogens (tertiary/aromatic N) is 2. The van der Waals surface area contributed by atoms with E-state index in [0.717, 1.165) is 23.5 Å². The summed E-state index contributed by atoms with van der Waals surface area (Å²) in [6, 6.07) is 7.06. The molecule has 6 nitrogen and oxygen atoms in total. The van der Waals surface area contributed by atoms with Crippen LogP contribution in [0.1, 0.15) is 28.8 Å². The molecule has 1 aliphatic heterocycles. The number of carbonyl (C=O) groups is 1. The van der Waals surface area contributed by atoms with Crippen LogP contribution in [0.15, 0.2) is 29.3 Å². The number of aliphatic imine (C=N–C) groups is 1. The van der Waals surface area contributed by atoms with Crippen molar-refractivity contribution in [3.63, 3.8) is 0 Å². The minimum Gasteiger partial charge on any atom is -0.352 e. The molecule has 1 aliphatic rings. The molecule has 2 rings (SSSR count). The third kappa shape index (κ3) is 3.55. The first kappa shape index (κ1) is 14.5. The van der Waals surface area contributed by atoms with Crippen molar-refractivity contribution < 1.29 is 10.0 Å². The van der Waals surface area contributed by atoms with Gasteiger partial charge in [-0.05, 0) is 31.5 Å². The summed E-state index contributed by atoms with van der Waals surface area (Å²) >= 11 is 0. The van der Waals surface area contributed by atoms with Gasteiger partial charge in [0, 0.05) is 30.8 Å². The average Bonchev–Trinajstić information content (AvgIpc) is 2.48. The van der Waals surface area contributed by atoms with Gasteiger partial charge in [-0.25, -0.2) is 5.06 Å². The Hall–Kier alpha value is -1.92. The second kappa shape index (κ2) is 7.02. The zero-order valence-electron chi connectivity index (χ0n) is 11.4. The Balaban J connectivity index is 2.02. The first-order valence-corrected chi connectivity index (χ1v) is 6.82. The fourth-order valence-corrected chi connectivity index (χ4v) is 2.01. The Bertz CT molecular complexity index is 484. The van der Waals surface area contributed by atoms with Crippen LogP contribution in [-0.4, -0.2) is 48.2 Å². The van der Waals surface area contributed by atoms with Crippen LogP contribution in [0.3, 0.4) is 0 Å². The van der Waals surface area contributed by atoms with Gasteiger partial charge in [0.05, 0.1) is 0 Å². The quantitative estimate of drug-likeness (QED) is 0.687. The zero-order valence-corrected chi connectivity index (χ0v) is 11.4. The first-order valence-electron chi connectivity index (χ1n) is 6.82. The number of carbonyl (C=O) groups excluding carboxylic acids is 1. The van der Waals surface area contributed by atoms with E-state index in [1.54, 1.807) is 24.3 Å². The minimum absolute atomic E-state index is 0.114. The number of hydrogen-bond donors (Lipinski definition) is 3. The van der Waals surface area contributed by atoms with E-state index in [9.17, 15) is 10.0 Å². The van der Waals surface area contributed by atoms with Crippen molar-refractivity contribution in [2.24, 2.45) is 10.7 Å². The van der Waals surface area contributed by atoms with E-state index < -0.39 is 0 Å². The SMILES string of the molecule is NCCCNC(=O)c1ccc(C2=NCCCN2O)cc1. The third-order valence-electron chi connectivity index (χ3n) is 3.11. The smallest absolute Gasteiger partial charge is 0.251 e. The molecule has 0 radical (unpaired) electrons. The molecular formula is C14H20N4O2. The van der Waals surface area contributed by atoms with Crippen molar-refractivity contribution in [2.45, 2.75) is 12.8 Å². The highest BCUT2D eigenvalue weighted by Gasteiger charge is 2.15. The number of amides is 1. The molecule has 108 valence electrons. The average molecular weight is 276 g/mol. The van der Waals surface area contributed by atoms with Crippen LogP contribution in [-0.2, 0) is 0 Å². The van der Waals surface area contributed by atoms with Crippen LogP contribution >= 0.6 is 0 Å². The Kier molecular flexibility index (Phi) is 5.09. The molecule has 0 atom stereocenters. The van der Waals surface area contributed by atoms with E-state index in [0.29, 0.717) is 37.6 Å². The van der Waals surface area contributed by atoms with Crippen LogP contribution in [0.2, 0.25) is 0 Å². The van der Waals surface area contributed by atoms with Crippen LogP contribution in [0.5, 0.6) is 0 Å². The summed E-state index contributed by atoms with van der Waals surface area (Å²) in [5.41, 5.74) is 6.78. The van der Waals surface area contributed by atoms with Crippen molar-refractivity contribution in [1.82, 2.24) is 10.4 Å². The maximum atomic E-state index is 11.8. The van der Waals surface area contributed by atoms with Gasteiger partial charge >= 0.3 is 0 Å². The molecule has 0 saturated heterocycles. The maximum Gasteiger partial charge on any atom is 0.251 e. The van der Waals surface area contributed by atoms with Crippen LogP contribution in [0, 0.1) is 0 Å². The third-order valence-corrected chi connectivity index (χ3v) is 3.11. The van der Waals surface area contributed by atoms with Gasteiger partial charge in [-0.3, -0.25) is 15.0 Å². The van der Waals surface area contributed by atoms with Gasteiger partial charge in [-0.15, -0.1) is 0 Å². The molecule has 0 aromatic heterocycles. The van der Waals surface area contributed by atoms with Crippen molar-refractivity contribution in [3.05, 3.63) is 35.4 Å². The molecule has 0 unspecified atom stereocenters. The fourth-order valence-electron chi connectivity index (χ4n) is 2.01. The lowest BCUT2D eigenvalue weighted by Crippen LogP contribution is -2.33. The van der Waals surface area contributed by atoms with E-state index in [4.69, 9.17) is 5.73 Å². The normalized spacial score (nSPS) is 14.9. The molecule has 1 heterocycles. The molecule has 20 heavy (non-hydrogen) atoms. The highest BCUT2D eigenvalue weighted by molar-refractivity contribution is 6.00. The molecule has 0 spiro atoms. The summed E-state index contributed by atoms with van der Waals surface area (Å²) < 4.78 is 0. The molecule has 0 aliphatic carbocycles. The summed E-state index contributed by atoms with van der Waals surface area (Å²) in [6.07, 6.45) is 1.61. The van der Waals surface area contributed by atoms with Crippen LogP contribution < -0.4 is 11.1 Å². The maximum absolute atomic E-state index is 11.8. The monoisotopic (exact) mass is 276 g/mol. The second-order valence-electron chi connectivity index (χ2n) is 4.66. The number of rotatable bonds is 5. The van der Waals surface area contributed by atoms with E-state index in [1.165, 1.54) is 0 Å². The van der Waals surface area contributed by atoms with Gasteiger partial charge in [0.15, 0.2) is 5.84 Å². The summed E-state index contributed by atoms with van der Waals surface area (Å²) in [5.74, 6) is 0.447. The van der Waals surface area contributed by atoms with Crippen molar-refractivity contribution in [3.8, 4) is 0 Å². The van der Waals surface area contributed by atoms with Gasteiger partial charge in [-0.2, -0.15) is 0 Å². The summed E-state index contributed by atoms with van der Waals surface area (Å²) in [4.78, 5) is 16.1. The molecule has 1 amide bonds. The lowest BCUT2D eigenvalue weighted by molar-refractivity contribution is -0.0184. The second-order valence-corrected chi connectivity index (χ2v) is 4.66. The van der Waals surface area contributed by atoms with Crippen molar-refractivity contribution >= 4 is 11.7 Å². The van der Waals surface area contributed by atoms with Gasteiger partial charge in [0.25, 0.3) is 5.91 Å². The predicted octanol–water partition coefficient (Wildman–Crippen LogP) is 0.607. The van der Waals surface area contributed by atoms with Crippen molar-refractivity contribution in [1.29, 1.82) is 0 Å². The number of hydrogen-bond acceptors (Lipinski definition) is 5.